The smallest absolute Gasteiger partial charge is 0.373 e. The fourth-order valence-corrected chi connectivity index (χ4v) is 3.65. The van der Waals surface area contributed by atoms with E-state index in [9.17, 15) is 13.2 Å². The first kappa shape index (κ1) is 20.5. The van der Waals surface area contributed by atoms with Crippen molar-refractivity contribution >= 4 is 11.5 Å². The molecule has 0 bridgehead atoms. The lowest BCUT2D eigenvalue weighted by Crippen LogP contribution is -2.49. The molecule has 1 aliphatic heterocycles. The number of anilines is 1. The number of nitrogens with zero attached hydrogens (tertiary/aromatic N) is 5. The van der Waals surface area contributed by atoms with Crippen molar-refractivity contribution in [3.63, 3.8) is 0 Å². The first-order chi connectivity index (χ1) is 14.4. The average Bonchev–Trinajstić information content (AvgIpc) is 3.17. The summed E-state index contributed by atoms with van der Waals surface area (Å²) < 4.78 is 46.0. The molecule has 0 aliphatic carbocycles. The van der Waals surface area contributed by atoms with Crippen LogP contribution in [0.2, 0.25) is 0 Å². The first-order valence-corrected chi connectivity index (χ1v) is 9.88. The van der Waals surface area contributed by atoms with E-state index in [4.69, 9.17) is 4.74 Å². The molecule has 10 heteroatoms. The predicted molar refractivity (Wildman–Crippen MR) is 105 cm³/mol. The Hall–Kier alpha value is -2.72. The molecule has 2 unspecified atom stereocenters. The maximum Gasteiger partial charge on any atom is 0.453 e. The van der Waals surface area contributed by atoms with Crippen LogP contribution in [0.1, 0.15) is 24.7 Å². The number of aromatic nitrogens is 4. The SMILES string of the molecule is CCC(Nc1ccc2nnc(C(F)(F)F)n2n1)C1CN(Cc2ccccc2)CCO1. The van der Waals surface area contributed by atoms with E-state index < -0.39 is 12.0 Å². The molecule has 1 aliphatic rings. The Labute approximate surface area is 171 Å². The Bertz CT molecular complexity index is 978. The van der Waals surface area contributed by atoms with Crippen molar-refractivity contribution in [3.05, 3.63) is 53.9 Å². The molecule has 1 N–H and O–H groups in total. The van der Waals surface area contributed by atoms with Gasteiger partial charge in [0.05, 0.1) is 18.8 Å². The van der Waals surface area contributed by atoms with Gasteiger partial charge in [-0.25, -0.2) is 0 Å². The zero-order valence-electron chi connectivity index (χ0n) is 16.5. The van der Waals surface area contributed by atoms with Gasteiger partial charge in [-0.2, -0.15) is 17.7 Å². The van der Waals surface area contributed by atoms with Gasteiger partial charge in [-0.3, -0.25) is 4.90 Å². The van der Waals surface area contributed by atoms with E-state index in [0.717, 1.165) is 30.6 Å². The fraction of sp³-hybridized carbons (Fsp3) is 0.450. The highest BCUT2D eigenvalue weighted by Crippen LogP contribution is 2.27. The number of ether oxygens (including phenoxy) is 1. The predicted octanol–water partition coefficient (Wildman–Crippen LogP) is 3.23. The first-order valence-electron chi connectivity index (χ1n) is 9.88. The molecule has 0 radical (unpaired) electrons. The van der Waals surface area contributed by atoms with Gasteiger partial charge in [0.15, 0.2) is 5.65 Å². The third kappa shape index (κ3) is 4.54. The summed E-state index contributed by atoms with van der Waals surface area (Å²) in [5.74, 6) is -0.819. The second kappa shape index (κ2) is 8.57. The summed E-state index contributed by atoms with van der Waals surface area (Å²) >= 11 is 0. The Morgan fingerprint density at radius 1 is 1.17 bits per heavy atom. The van der Waals surface area contributed by atoms with Crippen LogP contribution in [0.3, 0.4) is 0 Å². The van der Waals surface area contributed by atoms with Crippen LogP contribution >= 0.6 is 0 Å². The highest BCUT2D eigenvalue weighted by Gasteiger charge is 2.37. The van der Waals surface area contributed by atoms with Crippen LogP contribution in [0, 0.1) is 0 Å². The van der Waals surface area contributed by atoms with Gasteiger partial charge in [0.2, 0.25) is 0 Å². The van der Waals surface area contributed by atoms with Crippen LogP contribution in [-0.2, 0) is 17.5 Å². The van der Waals surface area contributed by atoms with Gasteiger partial charge >= 0.3 is 6.18 Å². The summed E-state index contributed by atoms with van der Waals surface area (Å²) in [5.41, 5.74) is 1.28. The highest BCUT2D eigenvalue weighted by molar-refractivity contribution is 5.44. The molecule has 7 nitrogen and oxygen atoms in total. The Kier molecular flexibility index (Phi) is 5.87. The minimum atomic E-state index is -4.63. The van der Waals surface area contributed by atoms with Crippen LogP contribution in [-0.4, -0.2) is 56.6 Å². The average molecular weight is 420 g/mol. The van der Waals surface area contributed by atoms with Gasteiger partial charge < -0.3 is 10.1 Å². The van der Waals surface area contributed by atoms with Crippen molar-refractivity contribution in [1.29, 1.82) is 0 Å². The maximum absolute atomic E-state index is 13.1. The van der Waals surface area contributed by atoms with Crippen LogP contribution in [0.15, 0.2) is 42.5 Å². The molecule has 1 saturated heterocycles. The number of morpholine rings is 1. The molecule has 2 aromatic heterocycles. The van der Waals surface area contributed by atoms with Crippen LogP contribution in [0.5, 0.6) is 0 Å². The summed E-state index contributed by atoms with van der Waals surface area (Å²) in [6, 6.07) is 13.2. The van der Waals surface area contributed by atoms with Gasteiger partial charge in [0.25, 0.3) is 5.82 Å². The topological polar surface area (TPSA) is 67.6 Å². The third-order valence-electron chi connectivity index (χ3n) is 5.16. The Balaban J connectivity index is 1.47. The summed E-state index contributed by atoms with van der Waals surface area (Å²) in [6.45, 7) is 5.00. The number of alkyl halides is 3. The number of hydrogen-bond acceptors (Lipinski definition) is 6. The van der Waals surface area contributed by atoms with Gasteiger partial charge in [-0.1, -0.05) is 37.3 Å². The minimum Gasteiger partial charge on any atom is -0.373 e. The molecular formula is C20H23F3N6O. The molecule has 3 heterocycles. The lowest BCUT2D eigenvalue weighted by molar-refractivity contribution is -0.146. The lowest BCUT2D eigenvalue weighted by Gasteiger charge is -2.37. The number of hydrogen-bond donors (Lipinski definition) is 1. The van der Waals surface area contributed by atoms with Crippen LogP contribution in [0.25, 0.3) is 5.65 Å². The molecular weight excluding hydrogens is 397 g/mol. The molecule has 30 heavy (non-hydrogen) atoms. The number of benzene rings is 1. The van der Waals surface area contributed by atoms with E-state index in [0.29, 0.717) is 12.4 Å². The molecule has 1 aromatic carbocycles. The van der Waals surface area contributed by atoms with E-state index in [1.165, 1.54) is 11.6 Å². The second-order valence-electron chi connectivity index (χ2n) is 7.30. The molecule has 0 spiro atoms. The summed E-state index contributed by atoms with van der Waals surface area (Å²) in [6.07, 6.45) is -4.00. The van der Waals surface area contributed by atoms with Crippen LogP contribution < -0.4 is 5.32 Å². The van der Waals surface area contributed by atoms with E-state index in [1.54, 1.807) is 6.07 Å². The fourth-order valence-electron chi connectivity index (χ4n) is 3.65. The van der Waals surface area contributed by atoms with Crippen molar-refractivity contribution in [1.82, 2.24) is 24.7 Å². The summed E-state index contributed by atoms with van der Waals surface area (Å²) in [4.78, 5) is 2.33. The number of nitrogens with one attached hydrogen (secondary N) is 1. The van der Waals surface area contributed by atoms with Crippen molar-refractivity contribution in [3.8, 4) is 0 Å². The van der Waals surface area contributed by atoms with Crippen molar-refractivity contribution in [2.45, 2.75) is 38.2 Å². The Morgan fingerprint density at radius 2 is 1.97 bits per heavy atom. The van der Waals surface area contributed by atoms with Gasteiger partial charge in [-0.15, -0.1) is 15.3 Å². The molecule has 3 aromatic rings. The Morgan fingerprint density at radius 3 is 2.70 bits per heavy atom. The third-order valence-corrected chi connectivity index (χ3v) is 5.16. The van der Waals surface area contributed by atoms with E-state index in [1.807, 2.05) is 25.1 Å². The van der Waals surface area contributed by atoms with Crippen LogP contribution in [0.4, 0.5) is 19.0 Å². The van der Waals surface area contributed by atoms with Crippen molar-refractivity contribution < 1.29 is 17.9 Å². The normalized spacial score (nSPS) is 19.1. The zero-order chi connectivity index (χ0) is 21.1. The molecule has 0 saturated carbocycles. The van der Waals surface area contributed by atoms with Gasteiger partial charge in [-0.05, 0) is 24.1 Å². The zero-order valence-corrected chi connectivity index (χ0v) is 16.5. The van der Waals surface area contributed by atoms with Gasteiger partial charge in [0.1, 0.15) is 5.82 Å². The lowest BCUT2D eigenvalue weighted by atomic mass is 10.1. The van der Waals surface area contributed by atoms with E-state index >= 15 is 0 Å². The van der Waals surface area contributed by atoms with E-state index in [-0.39, 0.29) is 17.8 Å². The number of fused-ring (bicyclic) bond motifs is 1. The molecule has 4 rings (SSSR count). The molecule has 2 atom stereocenters. The summed E-state index contributed by atoms with van der Waals surface area (Å²) in [7, 11) is 0. The number of rotatable bonds is 6. The molecule has 1 fully saturated rings. The van der Waals surface area contributed by atoms with Crippen molar-refractivity contribution in [2.75, 3.05) is 25.0 Å². The molecule has 0 amide bonds. The monoisotopic (exact) mass is 420 g/mol. The molecule has 160 valence electrons. The second-order valence-corrected chi connectivity index (χ2v) is 7.30. The quantitative estimate of drug-likeness (QED) is 0.661. The maximum atomic E-state index is 13.1. The minimum absolute atomic E-state index is 0.0453. The van der Waals surface area contributed by atoms with Gasteiger partial charge in [0, 0.05) is 19.6 Å². The highest BCUT2D eigenvalue weighted by atomic mass is 19.4. The summed E-state index contributed by atoms with van der Waals surface area (Å²) in [5, 5.41) is 14.0. The standard InChI is InChI=1S/C20H23F3N6O/c1-2-15(16-13-28(10-11-30-16)12-14-6-4-3-5-7-14)24-17-8-9-18-25-26-19(20(21,22)23)29(18)27-17/h3-9,15-16H,2,10-13H2,1H3,(H,24,27). The van der Waals surface area contributed by atoms with E-state index in [2.05, 4.69) is 37.6 Å². The largest absolute Gasteiger partial charge is 0.453 e. The van der Waals surface area contributed by atoms with Crippen molar-refractivity contribution in [2.24, 2.45) is 0 Å². The number of halogens is 3.